The van der Waals surface area contributed by atoms with Crippen LogP contribution in [-0.4, -0.2) is 33.6 Å². The number of benzene rings is 1. The van der Waals surface area contributed by atoms with Gasteiger partial charge in [0, 0.05) is 28.6 Å². The first-order chi connectivity index (χ1) is 15.4. The molecule has 0 saturated heterocycles. The fourth-order valence-corrected chi connectivity index (χ4v) is 4.75. The van der Waals surface area contributed by atoms with E-state index in [9.17, 15) is 9.59 Å². The Morgan fingerprint density at radius 3 is 2.47 bits per heavy atom. The Bertz CT molecular complexity index is 924. The zero-order chi connectivity index (χ0) is 22.9. The van der Waals surface area contributed by atoms with E-state index in [0.717, 1.165) is 23.4 Å². The first-order valence-corrected chi connectivity index (χ1v) is 12.6. The summed E-state index contributed by atoms with van der Waals surface area (Å²) in [6.07, 6.45) is 8.31. The molecule has 0 radical (unpaired) electrons. The number of hydrogen-bond donors (Lipinski definition) is 2. The van der Waals surface area contributed by atoms with Crippen molar-refractivity contribution in [3.8, 4) is 0 Å². The molecule has 1 aromatic carbocycles. The van der Waals surface area contributed by atoms with Gasteiger partial charge in [0.15, 0.2) is 0 Å². The van der Waals surface area contributed by atoms with Crippen LogP contribution in [0.5, 0.6) is 0 Å². The highest BCUT2D eigenvalue weighted by Crippen LogP contribution is 2.24. The fraction of sp³-hybridized carbons (Fsp3) is 0.520. The summed E-state index contributed by atoms with van der Waals surface area (Å²) >= 11 is 1.40. The molecule has 0 unspecified atom stereocenters. The molecule has 32 heavy (non-hydrogen) atoms. The number of amides is 2. The van der Waals surface area contributed by atoms with Gasteiger partial charge >= 0.3 is 0 Å². The van der Waals surface area contributed by atoms with Crippen LogP contribution in [-0.2, 0) is 4.79 Å². The molecule has 2 aromatic rings. The summed E-state index contributed by atoms with van der Waals surface area (Å²) in [5.41, 5.74) is 1.35. The lowest BCUT2D eigenvalue weighted by Gasteiger charge is -2.21. The Hall–Kier alpha value is -2.41. The predicted octanol–water partition coefficient (Wildman–Crippen LogP) is 5.48. The monoisotopic (exact) mass is 454 g/mol. The van der Waals surface area contributed by atoms with Gasteiger partial charge in [0.2, 0.25) is 5.91 Å². The van der Waals surface area contributed by atoms with Crippen molar-refractivity contribution in [2.24, 2.45) is 0 Å². The summed E-state index contributed by atoms with van der Waals surface area (Å²) in [5, 5.41) is 6.09. The molecule has 1 aliphatic carbocycles. The van der Waals surface area contributed by atoms with Crippen LogP contribution in [0.4, 0.5) is 5.82 Å². The Morgan fingerprint density at radius 2 is 1.75 bits per heavy atom. The molecule has 1 fully saturated rings. The number of nitrogens with one attached hydrogen (secondary N) is 2. The van der Waals surface area contributed by atoms with Crippen molar-refractivity contribution < 1.29 is 9.59 Å². The van der Waals surface area contributed by atoms with Crippen molar-refractivity contribution in [1.82, 2.24) is 15.3 Å². The van der Waals surface area contributed by atoms with E-state index in [4.69, 9.17) is 0 Å². The molecule has 3 rings (SSSR count). The van der Waals surface area contributed by atoms with Gasteiger partial charge in [0.25, 0.3) is 5.91 Å². The lowest BCUT2D eigenvalue weighted by atomic mass is 9.97. The molecular formula is C25H34N4O2S. The lowest BCUT2D eigenvalue weighted by molar-refractivity contribution is -0.119. The number of aryl methyl sites for hydroxylation is 1. The standard InChI is InChI=1S/C25H34N4O2S/c1-17(2)24-26-18(3)15-22(28-24)29-25(31)20-13-9-10-14-21(20)32-16-23(30)27-19-11-7-5-4-6-8-12-19/h9-10,13-15,17,19H,4-8,11-12,16H2,1-3H3,(H,27,30)(H,26,28,29,31). The Labute approximate surface area is 195 Å². The van der Waals surface area contributed by atoms with E-state index in [-0.39, 0.29) is 23.8 Å². The van der Waals surface area contributed by atoms with Gasteiger partial charge in [-0.05, 0) is 31.9 Å². The minimum atomic E-state index is -0.235. The Morgan fingerprint density at radius 1 is 1.06 bits per heavy atom. The number of carbonyl (C=O) groups excluding carboxylic acids is 2. The van der Waals surface area contributed by atoms with E-state index in [1.165, 1.54) is 43.9 Å². The van der Waals surface area contributed by atoms with Crippen molar-refractivity contribution in [2.75, 3.05) is 11.1 Å². The van der Waals surface area contributed by atoms with Gasteiger partial charge < -0.3 is 10.6 Å². The van der Waals surface area contributed by atoms with Crippen molar-refractivity contribution in [3.05, 3.63) is 47.4 Å². The van der Waals surface area contributed by atoms with E-state index in [0.29, 0.717) is 23.0 Å². The third-order valence-corrected chi connectivity index (χ3v) is 6.66. The zero-order valence-electron chi connectivity index (χ0n) is 19.3. The maximum Gasteiger partial charge on any atom is 0.257 e. The van der Waals surface area contributed by atoms with E-state index in [1.54, 1.807) is 12.1 Å². The molecular weight excluding hydrogens is 420 g/mol. The van der Waals surface area contributed by atoms with E-state index in [2.05, 4.69) is 20.6 Å². The molecule has 0 aliphatic heterocycles. The summed E-state index contributed by atoms with van der Waals surface area (Å²) in [7, 11) is 0. The van der Waals surface area contributed by atoms with Crippen LogP contribution >= 0.6 is 11.8 Å². The summed E-state index contributed by atoms with van der Waals surface area (Å²) in [4.78, 5) is 35.2. The number of carbonyl (C=O) groups is 2. The van der Waals surface area contributed by atoms with Gasteiger partial charge in [0.05, 0.1) is 11.3 Å². The third kappa shape index (κ3) is 7.33. The minimum absolute atomic E-state index is 0.0313. The van der Waals surface area contributed by atoms with Crippen molar-refractivity contribution in [2.45, 2.75) is 82.6 Å². The third-order valence-electron chi connectivity index (χ3n) is 5.59. The topological polar surface area (TPSA) is 84.0 Å². The molecule has 0 spiro atoms. The molecule has 1 aromatic heterocycles. The second kappa shape index (κ2) is 12.0. The maximum atomic E-state index is 13.0. The van der Waals surface area contributed by atoms with Crippen LogP contribution in [0.15, 0.2) is 35.2 Å². The SMILES string of the molecule is Cc1cc(NC(=O)c2ccccc2SCC(=O)NC2CCCCCCC2)nc(C(C)C)n1. The number of anilines is 1. The fourth-order valence-electron chi connectivity index (χ4n) is 3.89. The molecule has 2 amide bonds. The average Bonchev–Trinajstić information content (AvgIpc) is 2.74. The maximum absolute atomic E-state index is 13.0. The molecule has 0 bridgehead atoms. The van der Waals surface area contributed by atoms with Gasteiger partial charge in [-0.3, -0.25) is 9.59 Å². The smallest absolute Gasteiger partial charge is 0.257 e. The lowest BCUT2D eigenvalue weighted by Crippen LogP contribution is -2.36. The van der Waals surface area contributed by atoms with Crippen LogP contribution in [0.3, 0.4) is 0 Å². The normalized spacial score (nSPS) is 15.1. The molecule has 1 aliphatic rings. The van der Waals surface area contributed by atoms with E-state index in [1.807, 2.05) is 39.0 Å². The van der Waals surface area contributed by atoms with Crippen LogP contribution < -0.4 is 10.6 Å². The minimum Gasteiger partial charge on any atom is -0.353 e. The van der Waals surface area contributed by atoms with Crippen LogP contribution in [0.1, 0.15) is 86.6 Å². The quantitative estimate of drug-likeness (QED) is 0.541. The van der Waals surface area contributed by atoms with Crippen LogP contribution in [0, 0.1) is 6.92 Å². The van der Waals surface area contributed by atoms with Crippen molar-refractivity contribution >= 4 is 29.4 Å². The van der Waals surface area contributed by atoms with Gasteiger partial charge in [-0.25, -0.2) is 9.97 Å². The first kappa shape index (κ1) is 24.2. The van der Waals surface area contributed by atoms with Gasteiger partial charge in [-0.15, -0.1) is 11.8 Å². The Balaban J connectivity index is 1.61. The molecule has 2 N–H and O–H groups in total. The van der Waals surface area contributed by atoms with Crippen molar-refractivity contribution in [1.29, 1.82) is 0 Å². The molecule has 172 valence electrons. The molecule has 0 atom stereocenters. The van der Waals surface area contributed by atoms with Gasteiger partial charge in [0.1, 0.15) is 11.6 Å². The highest BCUT2D eigenvalue weighted by atomic mass is 32.2. The second-order valence-electron chi connectivity index (χ2n) is 8.76. The first-order valence-electron chi connectivity index (χ1n) is 11.6. The molecule has 7 heteroatoms. The molecule has 1 heterocycles. The van der Waals surface area contributed by atoms with E-state index >= 15 is 0 Å². The summed E-state index contributed by atoms with van der Waals surface area (Å²) < 4.78 is 0. The average molecular weight is 455 g/mol. The van der Waals surface area contributed by atoms with Crippen LogP contribution in [0.25, 0.3) is 0 Å². The number of aromatic nitrogens is 2. The highest BCUT2D eigenvalue weighted by Gasteiger charge is 2.17. The number of thioether (sulfide) groups is 1. The molecule has 6 nitrogen and oxygen atoms in total. The second-order valence-corrected chi connectivity index (χ2v) is 9.77. The van der Waals surface area contributed by atoms with Gasteiger partial charge in [-0.1, -0.05) is 58.1 Å². The number of nitrogens with zero attached hydrogens (tertiary/aromatic N) is 2. The number of rotatable bonds is 7. The van der Waals surface area contributed by atoms with Gasteiger partial charge in [-0.2, -0.15) is 0 Å². The highest BCUT2D eigenvalue weighted by molar-refractivity contribution is 8.00. The van der Waals surface area contributed by atoms with E-state index < -0.39 is 0 Å². The predicted molar refractivity (Wildman–Crippen MR) is 130 cm³/mol. The zero-order valence-corrected chi connectivity index (χ0v) is 20.1. The Kier molecular flexibility index (Phi) is 9.09. The summed E-state index contributed by atoms with van der Waals surface area (Å²) in [5.74, 6) is 1.46. The number of hydrogen-bond acceptors (Lipinski definition) is 5. The largest absolute Gasteiger partial charge is 0.353 e. The summed E-state index contributed by atoms with van der Waals surface area (Å²) in [6.45, 7) is 5.93. The van der Waals surface area contributed by atoms with Crippen molar-refractivity contribution in [3.63, 3.8) is 0 Å². The molecule has 1 saturated carbocycles. The van der Waals surface area contributed by atoms with Crippen LogP contribution in [0.2, 0.25) is 0 Å². The summed E-state index contributed by atoms with van der Waals surface area (Å²) in [6, 6.07) is 9.42.